The number of amides is 1. The van der Waals surface area contributed by atoms with Gasteiger partial charge in [0.05, 0.1) is 16.7 Å². The van der Waals surface area contributed by atoms with Gasteiger partial charge in [-0.15, -0.1) is 0 Å². The van der Waals surface area contributed by atoms with Crippen LogP contribution in [0.1, 0.15) is 66.4 Å². The van der Waals surface area contributed by atoms with Gasteiger partial charge in [-0.25, -0.2) is 9.59 Å². The minimum absolute atomic E-state index is 0.0744. The number of ether oxygens (including phenoxy) is 1. The zero-order chi connectivity index (χ0) is 24.9. The molecule has 0 bridgehead atoms. The molecule has 2 fully saturated rings. The lowest BCUT2D eigenvalue weighted by Crippen LogP contribution is -2.36. The number of hydrogen-bond acceptors (Lipinski definition) is 5. The lowest BCUT2D eigenvalue weighted by molar-refractivity contribution is 0.0273. The maximum atomic E-state index is 12.9. The fourth-order valence-corrected chi connectivity index (χ4v) is 5.70. The second kappa shape index (κ2) is 8.75. The van der Waals surface area contributed by atoms with Gasteiger partial charge in [0.1, 0.15) is 21.7 Å². The Labute approximate surface area is 203 Å². The van der Waals surface area contributed by atoms with Gasteiger partial charge in [0.2, 0.25) is 0 Å². The van der Waals surface area contributed by atoms with E-state index >= 15 is 0 Å². The monoisotopic (exact) mass is 488 g/mol. The van der Waals surface area contributed by atoms with Gasteiger partial charge in [0.15, 0.2) is 0 Å². The Morgan fingerprint density at radius 2 is 1.94 bits per heavy atom. The Morgan fingerprint density at radius 3 is 2.62 bits per heavy atom. The number of benzene rings is 1. The topological polar surface area (TPSA) is 114 Å². The van der Waals surface area contributed by atoms with Crippen molar-refractivity contribution in [3.05, 3.63) is 34.2 Å². The molecule has 1 aromatic heterocycles. The maximum Gasteiger partial charge on any atom is 0.410 e. The number of carbonyl (C=O) groups is 1. The van der Waals surface area contributed by atoms with Gasteiger partial charge in [-0.1, -0.05) is 10.5 Å². The van der Waals surface area contributed by atoms with E-state index < -0.39 is 21.7 Å². The Hall–Kier alpha value is -2.26. The number of likely N-dealkylation sites (tertiary alicyclic amines) is 1. The molecule has 1 aliphatic carbocycles. The fraction of sp³-hybridized carbons (Fsp3) is 0.640. The van der Waals surface area contributed by atoms with E-state index in [1.54, 1.807) is 0 Å². The third kappa shape index (κ3) is 5.51. The number of nitrogens with zero attached hydrogens (tertiary/aromatic N) is 2. The average Bonchev–Trinajstić information content (AvgIpc) is 3.36. The summed E-state index contributed by atoms with van der Waals surface area (Å²) in [5, 5.41) is 0. The molecule has 8 nitrogen and oxygen atoms in total. The van der Waals surface area contributed by atoms with Crippen molar-refractivity contribution >= 4 is 34.2 Å². The van der Waals surface area contributed by atoms with E-state index in [1.807, 2.05) is 64.6 Å². The quantitative estimate of drug-likeness (QED) is 0.626. The van der Waals surface area contributed by atoms with Gasteiger partial charge < -0.3 is 24.2 Å². The van der Waals surface area contributed by atoms with E-state index in [9.17, 15) is 14.1 Å². The van der Waals surface area contributed by atoms with Crippen LogP contribution >= 0.6 is 0 Å². The third-order valence-corrected chi connectivity index (χ3v) is 8.03. The Morgan fingerprint density at radius 1 is 1.24 bits per heavy atom. The number of fused-ring (bicyclic) bond motifs is 1. The standard InChI is InChI=1S/C25H36N4O4S/c1-23(2,3)33-22(31)29-10-9-25(15-29)13-17(20(14-25)28-34(32)24(4,5)6)11-16-7-8-18-19(12-16)27-21(30)26-18/h7-8,12,17H,9-11,13-15H2,1-6H3,(H2,26,27,30). The summed E-state index contributed by atoms with van der Waals surface area (Å²) in [6.07, 6.45) is 2.98. The molecule has 186 valence electrons. The molecule has 1 aromatic carbocycles. The van der Waals surface area contributed by atoms with E-state index in [-0.39, 0.29) is 23.1 Å². The highest BCUT2D eigenvalue weighted by atomic mass is 32.2. The maximum absolute atomic E-state index is 12.9. The zero-order valence-corrected chi connectivity index (χ0v) is 21.8. The van der Waals surface area contributed by atoms with Gasteiger partial charge in [-0.3, -0.25) is 0 Å². The van der Waals surface area contributed by atoms with Crippen LogP contribution in [0.4, 0.5) is 4.79 Å². The molecule has 34 heavy (non-hydrogen) atoms. The molecular weight excluding hydrogens is 452 g/mol. The van der Waals surface area contributed by atoms with Crippen LogP contribution < -0.4 is 5.69 Å². The van der Waals surface area contributed by atoms with Crippen LogP contribution in [-0.2, 0) is 22.5 Å². The van der Waals surface area contributed by atoms with Crippen molar-refractivity contribution in [1.29, 1.82) is 0 Å². The fourth-order valence-electron chi connectivity index (χ4n) is 5.00. The molecule has 0 radical (unpaired) electrons. The van der Waals surface area contributed by atoms with E-state index in [0.29, 0.717) is 13.1 Å². The first-order valence-electron chi connectivity index (χ1n) is 11.9. The predicted octanol–water partition coefficient (Wildman–Crippen LogP) is 4.34. The van der Waals surface area contributed by atoms with Crippen molar-refractivity contribution < 1.29 is 14.1 Å². The highest BCUT2D eigenvalue weighted by Crippen LogP contribution is 2.48. The van der Waals surface area contributed by atoms with E-state index in [0.717, 1.165) is 48.0 Å². The van der Waals surface area contributed by atoms with Crippen LogP contribution in [0.15, 0.2) is 27.4 Å². The number of imidazole rings is 1. The summed E-state index contributed by atoms with van der Waals surface area (Å²) < 4.78 is 22.8. The van der Waals surface area contributed by atoms with Crippen molar-refractivity contribution in [3.8, 4) is 0 Å². The molecule has 3 atom stereocenters. The van der Waals surface area contributed by atoms with Crippen molar-refractivity contribution in [2.75, 3.05) is 13.1 Å². The van der Waals surface area contributed by atoms with Crippen molar-refractivity contribution in [2.45, 2.75) is 77.6 Å². The summed E-state index contributed by atoms with van der Waals surface area (Å²) in [5.41, 5.74) is 2.81. The molecule has 2 aromatic rings. The molecule has 2 heterocycles. The number of hydrogen-bond donors (Lipinski definition) is 2. The number of aromatic amines is 2. The van der Waals surface area contributed by atoms with Crippen molar-refractivity contribution in [2.24, 2.45) is 15.7 Å². The second-order valence-electron chi connectivity index (χ2n) is 11.8. The largest absolute Gasteiger partial charge is 0.591 e. The van der Waals surface area contributed by atoms with Gasteiger partial charge in [0.25, 0.3) is 0 Å². The normalized spacial score (nSPS) is 25.6. The molecular formula is C25H36N4O4S. The van der Waals surface area contributed by atoms with Crippen LogP contribution in [0.2, 0.25) is 0 Å². The summed E-state index contributed by atoms with van der Waals surface area (Å²) in [6.45, 7) is 12.7. The molecule has 1 saturated carbocycles. The highest BCUT2D eigenvalue weighted by Gasteiger charge is 2.50. The lowest BCUT2D eigenvalue weighted by atomic mass is 9.83. The number of H-pyrrole nitrogens is 2. The van der Waals surface area contributed by atoms with E-state index in [4.69, 9.17) is 9.13 Å². The summed E-state index contributed by atoms with van der Waals surface area (Å²) >= 11 is -1.34. The SMILES string of the molecule is CC(C)(C)OC(=O)N1CCC2(CC(=N[S+]([O-])C(C)(C)C)C(Cc3ccc4[nH]c(=O)[nH]c4c3)C2)C1. The first kappa shape index (κ1) is 24.9. The molecule has 1 spiro atoms. The van der Waals surface area contributed by atoms with E-state index in [1.165, 1.54) is 0 Å². The van der Waals surface area contributed by atoms with Crippen LogP contribution in [-0.4, -0.2) is 54.7 Å². The van der Waals surface area contributed by atoms with Crippen molar-refractivity contribution in [1.82, 2.24) is 14.9 Å². The Bertz CT molecular complexity index is 1160. The lowest BCUT2D eigenvalue weighted by Gasteiger charge is -2.26. The van der Waals surface area contributed by atoms with Crippen LogP contribution in [0.5, 0.6) is 0 Å². The minimum Gasteiger partial charge on any atom is -0.591 e. The zero-order valence-electron chi connectivity index (χ0n) is 21.0. The smallest absolute Gasteiger partial charge is 0.410 e. The average molecular weight is 489 g/mol. The number of aromatic nitrogens is 2. The molecule has 2 aliphatic rings. The number of nitrogens with one attached hydrogen (secondary N) is 2. The molecule has 1 saturated heterocycles. The Kier molecular flexibility index (Phi) is 6.40. The van der Waals surface area contributed by atoms with Gasteiger partial charge >= 0.3 is 11.8 Å². The molecule has 3 unspecified atom stereocenters. The first-order valence-corrected chi connectivity index (χ1v) is 13.0. The summed E-state index contributed by atoms with van der Waals surface area (Å²) in [5.74, 6) is 0.132. The van der Waals surface area contributed by atoms with Crippen LogP contribution in [0.3, 0.4) is 0 Å². The Balaban J connectivity index is 1.57. The molecule has 1 amide bonds. The molecule has 2 N–H and O–H groups in total. The second-order valence-corrected chi connectivity index (χ2v) is 13.7. The highest BCUT2D eigenvalue weighted by molar-refractivity contribution is 7.91. The summed E-state index contributed by atoms with van der Waals surface area (Å²) in [6, 6.07) is 5.94. The molecule has 9 heteroatoms. The van der Waals surface area contributed by atoms with Crippen LogP contribution in [0.25, 0.3) is 11.0 Å². The van der Waals surface area contributed by atoms with Crippen molar-refractivity contribution in [3.63, 3.8) is 0 Å². The predicted molar refractivity (Wildman–Crippen MR) is 136 cm³/mol. The number of rotatable bonds is 3. The summed E-state index contributed by atoms with van der Waals surface area (Å²) in [7, 11) is 0. The van der Waals surface area contributed by atoms with Gasteiger partial charge in [-0.2, -0.15) is 0 Å². The van der Waals surface area contributed by atoms with Gasteiger partial charge in [0, 0.05) is 19.0 Å². The minimum atomic E-state index is -1.34. The third-order valence-electron chi connectivity index (χ3n) is 6.58. The molecule has 4 rings (SSSR count). The van der Waals surface area contributed by atoms with E-state index in [2.05, 4.69) is 9.97 Å². The van der Waals surface area contributed by atoms with Gasteiger partial charge in [-0.05, 0) is 90.3 Å². The summed E-state index contributed by atoms with van der Waals surface area (Å²) in [4.78, 5) is 31.7. The van der Waals surface area contributed by atoms with Crippen LogP contribution in [0, 0.1) is 11.3 Å². The first-order chi connectivity index (χ1) is 15.7. The molecule has 1 aliphatic heterocycles. The number of carbonyl (C=O) groups excluding carboxylic acids is 1.